The van der Waals surface area contributed by atoms with Crippen LogP contribution in [0, 0.1) is 5.92 Å². The summed E-state index contributed by atoms with van der Waals surface area (Å²) >= 11 is 0. The Labute approximate surface area is 156 Å². The van der Waals surface area contributed by atoms with Crippen molar-refractivity contribution in [1.29, 1.82) is 0 Å². The van der Waals surface area contributed by atoms with Gasteiger partial charge in [-0.1, -0.05) is 4.52 Å². The standard InChI is InChI=1S/C19H24N4O4/c24-17(20-13-3-4-13)16-18(25)22(10-11-5-7-27-8-6-11)15-9-14(12-1-2-12)21-23(15)19(16)26/h9,11-13H,1-8,10H2,(H2,20,24,25,26)/p+1. The van der Waals surface area contributed by atoms with Crippen LogP contribution in [-0.4, -0.2) is 39.9 Å². The SMILES string of the molecule is O=C(NC1CC1)c1c(O)[n+](CC2CCOCC2)c2cc(C3CC3)[nH]n2c1=O. The van der Waals surface area contributed by atoms with E-state index in [1.165, 1.54) is 4.52 Å². The van der Waals surface area contributed by atoms with Crippen LogP contribution < -0.4 is 15.4 Å². The number of aromatic hydroxyl groups is 1. The van der Waals surface area contributed by atoms with Crippen molar-refractivity contribution in [3.05, 3.63) is 27.7 Å². The number of rotatable bonds is 5. The molecule has 3 N–H and O–H groups in total. The van der Waals surface area contributed by atoms with E-state index in [1.54, 1.807) is 4.57 Å². The summed E-state index contributed by atoms with van der Waals surface area (Å²) in [5.74, 6) is 0.0602. The van der Waals surface area contributed by atoms with Crippen LogP contribution in [0.4, 0.5) is 0 Å². The third-order valence-corrected chi connectivity index (χ3v) is 5.87. The molecule has 2 saturated carbocycles. The van der Waals surface area contributed by atoms with Crippen molar-refractivity contribution in [2.24, 2.45) is 5.92 Å². The molecular weight excluding hydrogens is 348 g/mol. The summed E-state index contributed by atoms with van der Waals surface area (Å²) in [5.41, 5.74) is 0.951. The number of fused-ring (bicyclic) bond motifs is 1. The first kappa shape index (κ1) is 16.8. The molecule has 3 fully saturated rings. The first-order valence-electron chi connectivity index (χ1n) is 9.91. The van der Waals surface area contributed by atoms with E-state index in [-0.39, 0.29) is 17.5 Å². The Morgan fingerprint density at radius 3 is 2.67 bits per heavy atom. The maximum atomic E-state index is 13.0. The molecule has 0 spiro atoms. The first-order valence-corrected chi connectivity index (χ1v) is 9.91. The van der Waals surface area contributed by atoms with Gasteiger partial charge in [0.25, 0.3) is 5.91 Å². The van der Waals surface area contributed by atoms with Crippen LogP contribution in [0.1, 0.15) is 60.5 Å². The average molecular weight is 373 g/mol. The van der Waals surface area contributed by atoms with Gasteiger partial charge in [-0.15, -0.1) is 0 Å². The minimum absolute atomic E-state index is 0.117. The Bertz CT molecular complexity index is 949. The van der Waals surface area contributed by atoms with E-state index < -0.39 is 11.5 Å². The monoisotopic (exact) mass is 373 g/mol. The van der Waals surface area contributed by atoms with Gasteiger partial charge in [0.05, 0.1) is 18.3 Å². The summed E-state index contributed by atoms with van der Waals surface area (Å²) in [5, 5.41) is 16.9. The average Bonchev–Trinajstić information content (AvgIpc) is 3.59. The molecule has 8 heteroatoms. The summed E-state index contributed by atoms with van der Waals surface area (Å²) in [7, 11) is 0. The van der Waals surface area contributed by atoms with Gasteiger partial charge < -0.3 is 15.2 Å². The molecule has 0 atom stereocenters. The van der Waals surface area contributed by atoms with Gasteiger partial charge in [0, 0.05) is 31.1 Å². The van der Waals surface area contributed by atoms with E-state index in [1.807, 2.05) is 6.07 Å². The van der Waals surface area contributed by atoms with Crippen LogP contribution in [0.15, 0.2) is 10.9 Å². The van der Waals surface area contributed by atoms with E-state index in [2.05, 4.69) is 10.4 Å². The molecule has 2 aliphatic carbocycles. The highest BCUT2D eigenvalue weighted by atomic mass is 16.5. The number of aromatic nitrogens is 3. The first-order chi connectivity index (χ1) is 13.1. The number of carbonyl (C=O) groups is 1. The van der Waals surface area contributed by atoms with Crippen molar-refractivity contribution >= 4 is 11.6 Å². The van der Waals surface area contributed by atoms with Crippen molar-refractivity contribution in [3.63, 3.8) is 0 Å². The van der Waals surface area contributed by atoms with E-state index >= 15 is 0 Å². The van der Waals surface area contributed by atoms with Crippen molar-refractivity contribution in [3.8, 4) is 5.88 Å². The number of aromatic amines is 1. The largest absolute Gasteiger partial charge is 0.477 e. The lowest BCUT2D eigenvalue weighted by molar-refractivity contribution is -0.688. The normalized spacial score (nSPS) is 20.9. The molecule has 3 heterocycles. The highest BCUT2D eigenvalue weighted by Crippen LogP contribution is 2.39. The molecule has 0 unspecified atom stereocenters. The number of hydrogen-bond donors (Lipinski definition) is 3. The highest BCUT2D eigenvalue weighted by Gasteiger charge is 2.36. The second-order valence-electron chi connectivity index (χ2n) is 8.10. The van der Waals surface area contributed by atoms with Crippen LogP contribution in [0.5, 0.6) is 5.88 Å². The van der Waals surface area contributed by atoms with Crippen LogP contribution in [0.3, 0.4) is 0 Å². The zero-order valence-electron chi connectivity index (χ0n) is 15.2. The molecule has 27 heavy (non-hydrogen) atoms. The zero-order valence-corrected chi connectivity index (χ0v) is 15.2. The van der Waals surface area contributed by atoms with E-state index in [4.69, 9.17) is 4.74 Å². The number of nitrogens with one attached hydrogen (secondary N) is 2. The summed E-state index contributed by atoms with van der Waals surface area (Å²) in [4.78, 5) is 25.6. The minimum atomic E-state index is -0.490. The third-order valence-electron chi connectivity index (χ3n) is 5.87. The fraction of sp³-hybridized carbons (Fsp3) is 0.632. The van der Waals surface area contributed by atoms with Crippen LogP contribution >= 0.6 is 0 Å². The molecule has 0 radical (unpaired) electrons. The van der Waals surface area contributed by atoms with E-state index in [9.17, 15) is 14.7 Å². The smallest absolute Gasteiger partial charge is 0.378 e. The van der Waals surface area contributed by atoms with Crippen molar-refractivity contribution < 1.29 is 19.2 Å². The fourth-order valence-electron chi connectivity index (χ4n) is 3.88. The minimum Gasteiger partial charge on any atom is -0.477 e. The summed E-state index contributed by atoms with van der Waals surface area (Å²) in [6.07, 6.45) is 5.85. The lowest BCUT2D eigenvalue weighted by Crippen LogP contribution is -2.46. The Hall–Kier alpha value is -2.35. The number of H-pyrrole nitrogens is 1. The Kier molecular flexibility index (Phi) is 3.96. The topological polar surface area (TPSA) is 99.7 Å². The molecule has 1 amide bonds. The molecule has 0 aromatic carbocycles. The molecule has 8 nitrogen and oxygen atoms in total. The Morgan fingerprint density at radius 1 is 1.26 bits per heavy atom. The van der Waals surface area contributed by atoms with Crippen molar-refractivity contribution in [2.75, 3.05) is 13.2 Å². The van der Waals surface area contributed by atoms with Crippen molar-refractivity contribution in [2.45, 2.75) is 57.0 Å². The molecule has 3 aliphatic rings. The van der Waals surface area contributed by atoms with E-state index in [0.717, 1.165) is 44.2 Å². The fourth-order valence-corrected chi connectivity index (χ4v) is 3.88. The lowest BCUT2D eigenvalue weighted by Gasteiger charge is -2.21. The van der Waals surface area contributed by atoms with Crippen LogP contribution in [0.25, 0.3) is 5.65 Å². The summed E-state index contributed by atoms with van der Waals surface area (Å²) in [6.45, 7) is 1.97. The molecule has 1 aliphatic heterocycles. The third kappa shape index (κ3) is 3.12. The maximum absolute atomic E-state index is 13.0. The predicted octanol–water partition coefficient (Wildman–Crippen LogP) is 0.817. The van der Waals surface area contributed by atoms with E-state index in [0.29, 0.717) is 37.2 Å². The van der Waals surface area contributed by atoms with Gasteiger partial charge in [0.2, 0.25) is 5.56 Å². The lowest BCUT2D eigenvalue weighted by atomic mass is 10.0. The molecular formula is C19H25N4O4+. The van der Waals surface area contributed by atoms with Crippen LogP contribution in [0.2, 0.25) is 0 Å². The van der Waals surface area contributed by atoms with Gasteiger partial charge in [-0.05, 0) is 38.5 Å². The second-order valence-corrected chi connectivity index (χ2v) is 8.10. The van der Waals surface area contributed by atoms with Gasteiger partial charge in [-0.2, -0.15) is 4.57 Å². The Balaban J connectivity index is 1.62. The molecule has 144 valence electrons. The molecule has 0 bridgehead atoms. The summed E-state index contributed by atoms with van der Waals surface area (Å²) in [6, 6.07) is 2.06. The van der Waals surface area contributed by atoms with Gasteiger partial charge in [-0.3, -0.25) is 4.79 Å². The number of hydrogen-bond acceptors (Lipinski definition) is 4. The van der Waals surface area contributed by atoms with Gasteiger partial charge in [0.15, 0.2) is 0 Å². The van der Waals surface area contributed by atoms with Gasteiger partial charge in [-0.25, -0.2) is 9.89 Å². The molecule has 5 rings (SSSR count). The maximum Gasteiger partial charge on any atom is 0.378 e. The quantitative estimate of drug-likeness (QED) is 0.676. The molecule has 2 aromatic rings. The second kappa shape index (κ2) is 6.37. The van der Waals surface area contributed by atoms with Gasteiger partial charge in [0.1, 0.15) is 0 Å². The highest BCUT2D eigenvalue weighted by molar-refractivity contribution is 5.96. The van der Waals surface area contributed by atoms with Gasteiger partial charge >= 0.3 is 17.1 Å². The summed E-state index contributed by atoms with van der Waals surface area (Å²) < 4.78 is 8.58. The number of ether oxygens (including phenoxy) is 1. The predicted molar refractivity (Wildman–Crippen MR) is 95.9 cm³/mol. The zero-order chi connectivity index (χ0) is 18.5. The Morgan fingerprint density at radius 2 is 2.00 bits per heavy atom. The van der Waals surface area contributed by atoms with Crippen LogP contribution in [-0.2, 0) is 11.3 Å². The molecule has 1 saturated heterocycles. The number of carbonyl (C=O) groups excluding carboxylic acids is 1. The number of nitrogens with zero attached hydrogens (tertiary/aromatic N) is 2. The number of amides is 1. The van der Waals surface area contributed by atoms with Crippen molar-refractivity contribution in [1.82, 2.24) is 14.9 Å². The molecule has 2 aromatic heterocycles.